The number of rotatable bonds is 9. The Hall–Kier alpha value is -1.33. The van der Waals surface area contributed by atoms with E-state index in [2.05, 4.69) is 47.7 Å². The summed E-state index contributed by atoms with van der Waals surface area (Å²) in [6, 6.07) is 4.09. The summed E-state index contributed by atoms with van der Waals surface area (Å²) in [4.78, 5) is 26.9. The van der Waals surface area contributed by atoms with Crippen molar-refractivity contribution in [3.8, 4) is 0 Å². The Morgan fingerprint density at radius 1 is 1.09 bits per heavy atom. The fourth-order valence-corrected chi connectivity index (χ4v) is 4.81. The van der Waals surface area contributed by atoms with E-state index in [1.54, 1.807) is 6.26 Å². The number of furan rings is 1. The molecule has 2 saturated heterocycles. The summed E-state index contributed by atoms with van der Waals surface area (Å²) in [5, 5.41) is 3.47. The van der Waals surface area contributed by atoms with Crippen LogP contribution in [0.15, 0.2) is 27.8 Å². The number of nitrogens with zero attached hydrogens (tertiary/aromatic N) is 5. The molecule has 2 aliphatic rings. The zero-order valence-electron chi connectivity index (χ0n) is 20.8. The Labute approximate surface area is 216 Å². The van der Waals surface area contributed by atoms with Gasteiger partial charge in [-0.05, 0) is 51.9 Å². The topological polar surface area (TPSA) is 67.6 Å². The number of carbonyl (C=O) groups is 1. The molecule has 0 bridgehead atoms. The van der Waals surface area contributed by atoms with Crippen molar-refractivity contribution in [3.05, 3.63) is 24.2 Å². The Morgan fingerprint density at radius 3 is 2.30 bits per heavy atom. The van der Waals surface area contributed by atoms with E-state index in [1.807, 2.05) is 17.0 Å². The quantitative estimate of drug-likeness (QED) is 0.278. The van der Waals surface area contributed by atoms with Gasteiger partial charge in [-0.3, -0.25) is 19.6 Å². The van der Waals surface area contributed by atoms with Crippen molar-refractivity contribution < 1.29 is 9.21 Å². The maximum atomic E-state index is 12.8. The fourth-order valence-electron chi connectivity index (χ4n) is 4.81. The highest BCUT2D eigenvalue weighted by molar-refractivity contribution is 14.0. The Morgan fingerprint density at radius 2 is 1.76 bits per heavy atom. The van der Waals surface area contributed by atoms with Crippen molar-refractivity contribution in [2.45, 2.75) is 52.6 Å². The first-order chi connectivity index (χ1) is 15.6. The van der Waals surface area contributed by atoms with E-state index in [-0.39, 0.29) is 42.0 Å². The van der Waals surface area contributed by atoms with Gasteiger partial charge in [0.25, 0.3) is 0 Å². The van der Waals surface area contributed by atoms with E-state index in [0.717, 1.165) is 83.5 Å². The van der Waals surface area contributed by atoms with Crippen LogP contribution in [-0.4, -0.2) is 103 Å². The van der Waals surface area contributed by atoms with Crippen molar-refractivity contribution in [3.63, 3.8) is 0 Å². The van der Waals surface area contributed by atoms with Gasteiger partial charge in [-0.1, -0.05) is 13.8 Å². The Balaban J connectivity index is 0.00000385. The third-order valence-corrected chi connectivity index (χ3v) is 6.81. The Bertz CT molecular complexity index is 711. The first-order valence-corrected chi connectivity index (χ1v) is 12.4. The van der Waals surface area contributed by atoms with Gasteiger partial charge >= 0.3 is 0 Å². The monoisotopic (exact) mass is 574 g/mol. The lowest BCUT2D eigenvalue weighted by atomic mass is 10.2. The molecule has 8 nitrogen and oxygen atoms in total. The third-order valence-electron chi connectivity index (χ3n) is 6.81. The van der Waals surface area contributed by atoms with Crippen LogP contribution in [0.1, 0.15) is 52.3 Å². The van der Waals surface area contributed by atoms with Crippen LogP contribution in [0.4, 0.5) is 0 Å². The van der Waals surface area contributed by atoms with E-state index in [0.29, 0.717) is 6.54 Å². The van der Waals surface area contributed by atoms with Gasteiger partial charge < -0.3 is 19.5 Å². The third kappa shape index (κ3) is 7.32. The van der Waals surface area contributed by atoms with Crippen LogP contribution >= 0.6 is 24.0 Å². The second-order valence-electron chi connectivity index (χ2n) is 8.68. The standard InChI is InChI=1S/C24H42N6O2.HI/c1-5-25-24(26-19-21(27(6-2)7-3)22-11-10-18-32-22)30-16-14-28(15-17-30)20(4)23(31)29-12-8-9-13-29;/h10-11,18,20-21H,5-9,12-17,19H2,1-4H3,(H,25,26);1H. The molecule has 33 heavy (non-hydrogen) atoms. The summed E-state index contributed by atoms with van der Waals surface area (Å²) >= 11 is 0. The maximum absolute atomic E-state index is 12.8. The lowest BCUT2D eigenvalue weighted by Crippen LogP contribution is -2.57. The second-order valence-corrected chi connectivity index (χ2v) is 8.68. The number of hydrogen-bond acceptors (Lipinski definition) is 5. The van der Waals surface area contributed by atoms with Crippen LogP contribution in [-0.2, 0) is 4.79 Å². The highest BCUT2D eigenvalue weighted by atomic mass is 127. The van der Waals surface area contributed by atoms with Crippen molar-refractivity contribution in [1.29, 1.82) is 0 Å². The number of likely N-dealkylation sites (N-methyl/N-ethyl adjacent to an activating group) is 1. The van der Waals surface area contributed by atoms with Gasteiger partial charge in [0.2, 0.25) is 5.91 Å². The van der Waals surface area contributed by atoms with Gasteiger partial charge in [-0.25, -0.2) is 0 Å². The van der Waals surface area contributed by atoms with Gasteiger partial charge in [0.1, 0.15) is 5.76 Å². The fraction of sp³-hybridized carbons (Fsp3) is 0.750. The van der Waals surface area contributed by atoms with E-state index in [4.69, 9.17) is 9.41 Å². The lowest BCUT2D eigenvalue weighted by molar-refractivity contribution is -0.135. The first kappa shape index (κ1) is 27.9. The summed E-state index contributed by atoms with van der Waals surface area (Å²) < 4.78 is 5.74. The molecule has 0 aromatic carbocycles. The van der Waals surface area contributed by atoms with Gasteiger partial charge in [0, 0.05) is 45.8 Å². The molecule has 1 aromatic rings. The molecular formula is C24H43IN6O2. The molecule has 1 amide bonds. The van der Waals surface area contributed by atoms with Gasteiger partial charge in [-0.2, -0.15) is 0 Å². The minimum atomic E-state index is -0.0410. The van der Waals surface area contributed by atoms with Crippen LogP contribution in [0.2, 0.25) is 0 Å². The summed E-state index contributed by atoms with van der Waals surface area (Å²) in [5.41, 5.74) is 0. The van der Waals surface area contributed by atoms with Crippen molar-refractivity contribution in [2.24, 2.45) is 4.99 Å². The molecule has 188 valence electrons. The van der Waals surface area contributed by atoms with Crippen LogP contribution in [0.25, 0.3) is 0 Å². The first-order valence-electron chi connectivity index (χ1n) is 12.4. The van der Waals surface area contributed by atoms with E-state index in [9.17, 15) is 4.79 Å². The molecule has 1 N–H and O–H groups in total. The minimum Gasteiger partial charge on any atom is -0.468 e. The van der Waals surface area contributed by atoms with Crippen LogP contribution in [0, 0.1) is 0 Å². The zero-order valence-corrected chi connectivity index (χ0v) is 23.2. The highest BCUT2D eigenvalue weighted by Gasteiger charge is 2.30. The molecule has 2 fully saturated rings. The van der Waals surface area contributed by atoms with Crippen LogP contribution in [0.5, 0.6) is 0 Å². The maximum Gasteiger partial charge on any atom is 0.239 e. The molecule has 0 radical (unpaired) electrons. The Kier molecular flexibility index (Phi) is 12.0. The van der Waals surface area contributed by atoms with E-state index in [1.165, 1.54) is 0 Å². The van der Waals surface area contributed by atoms with Crippen LogP contribution in [0.3, 0.4) is 0 Å². The largest absolute Gasteiger partial charge is 0.468 e. The number of guanidine groups is 1. The van der Waals surface area contributed by atoms with Crippen molar-refractivity contribution in [2.75, 3.05) is 65.4 Å². The molecular weight excluding hydrogens is 531 g/mol. The second kappa shape index (κ2) is 14.2. The van der Waals surface area contributed by atoms with Crippen molar-refractivity contribution in [1.82, 2.24) is 24.9 Å². The van der Waals surface area contributed by atoms with Gasteiger partial charge in [0.15, 0.2) is 5.96 Å². The molecule has 3 heterocycles. The summed E-state index contributed by atoms with van der Waals surface area (Å²) in [7, 11) is 0. The molecule has 3 rings (SSSR count). The molecule has 0 aliphatic carbocycles. The number of likely N-dealkylation sites (tertiary alicyclic amines) is 1. The van der Waals surface area contributed by atoms with Gasteiger partial charge in [0.05, 0.1) is 24.9 Å². The molecule has 0 saturated carbocycles. The number of amides is 1. The van der Waals surface area contributed by atoms with Crippen molar-refractivity contribution >= 4 is 35.8 Å². The van der Waals surface area contributed by atoms with E-state index < -0.39 is 0 Å². The number of hydrogen-bond donors (Lipinski definition) is 1. The zero-order chi connectivity index (χ0) is 22.9. The predicted molar refractivity (Wildman–Crippen MR) is 144 cm³/mol. The SMILES string of the molecule is CCNC(=NCC(c1ccco1)N(CC)CC)N1CCN(C(C)C(=O)N2CCCC2)CC1.I. The number of halogens is 1. The number of carbonyl (C=O) groups excluding carboxylic acids is 1. The summed E-state index contributed by atoms with van der Waals surface area (Å²) in [5.74, 6) is 2.21. The molecule has 9 heteroatoms. The average molecular weight is 575 g/mol. The molecule has 0 spiro atoms. The van der Waals surface area contributed by atoms with Gasteiger partial charge in [-0.15, -0.1) is 24.0 Å². The number of piperazine rings is 1. The average Bonchev–Trinajstić information content (AvgIpc) is 3.55. The highest BCUT2D eigenvalue weighted by Crippen LogP contribution is 2.22. The van der Waals surface area contributed by atoms with Crippen LogP contribution < -0.4 is 5.32 Å². The van der Waals surface area contributed by atoms with E-state index >= 15 is 0 Å². The lowest BCUT2D eigenvalue weighted by Gasteiger charge is -2.39. The summed E-state index contributed by atoms with van der Waals surface area (Å²) in [6.07, 6.45) is 4.02. The molecule has 2 atom stereocenters. The number of nitrogens with one attached hydrogen (secondary N) is 1. The smallest absolute Gasteiger partial charge is 0.239 e. The minimum absolute atomic E-state index is 0. The predicted octanol–water partition coefficient (Wildman–Crippen LogP) is 2.87. The molecule has 2 aliphatic heterocycles. The normalized spacial score (nSPS) is 19.5. The molecule has 1 aromatic heterocycles. The number of aliphatic imine (C=N–C) groups is 1. The summed E-state index contributed by atoms with van der Waals surface area (Å²) in [6.45, 7) is 17.3. The molecule has 2 unspecified atom stereocenters.